The van der Waals surface area contributed by atoms with Crippen molar-refractivity contribution in [1.29, 1.82) is 0 Å². The van der Waals surface area contributed by atoms with Gasteiger partial charge in [-0.05, 0) is 25.2 Å². The van der Waals surface area contributed by atoms with Crippen LogP contribution in [0.3, 0.4) is 0 Å². The fourth-order valence-corrected chi connectivity index (χ4v) is 3.92. The van der Waals surface area contributed by atoms with Gasteiger partial charge in [0.25, 0.3) is 0 Å². The Morgan fingerprint density at radius 1 is 1.05 bits per heavy atom. The molecule has 0 bridgehead atoms. The second kappa shape index (κ2) is 5.94. The summed E-state index contributed by atoms with van der Waals surface area (Å²) in [5.74, 6) is -5.19. The zero-order valence-corrected chi connectivity index (χ0v) is 11.9. The van der Waals surface area contributed by atoms with E-state index in [-0.39, 0.29) is 25.7 Å². The molecule has 0 spiro atoms. The van der Waals surface area contributed by atoms with Crippen LogP contribution in [0.2, 0.25) is 0 Å². The molecule has 0 saturated heterocycles. The van der Waals surface area contributed by atoms with Gasteiger partial charge in [-0.25, -0.2) is 8.42 Å². The highest BCUT2D eigenvalue weighted by Gasteiger charge is 2.61. The summed E-state index contributed by atoms with van der Waals surface area (Å²) in [6.07, 6.45) is -13.1. The maximum atomic E-state index is 12.6. The Morgan fingerprint density at radius 2 is 1.52 bits per heavy atom. The van der Waals surface area contributed by atoms with Crippen molar-refractivity contribution in [1.82, 2.24) is 0 Å². The Balaban J connectivity index is 2.97. The second-order valence-electron chi connectivity index (χ2n) is 5.43. The van der Waals surface area contributed by atoms with E-state index in [9.17, 15) is 39.9 Å². The zero-order valence-electron chi connectivity index (χ0n) is 11.1. The van der Waals surface area contributed by atoms with Gasteiger partial charge in [-0.2, -0.15) is 26.3 Å². The monoisotopic (exact) mass is 342 g/mol. The summed E-state index contributed by atoms with van der Waals surface area (Å²) in [4.78, 5) is 0. The number of rotatable bonds is 3. The van der Waals surface area contributed by atoms with E-state index in [0.29, 0.717) is 0 Å². The maximum Gasteiger partial charge on any atom is 0.403 e. The van der Waals surface area contributed by atoms with Crippen molar-refractivity contribution in [2.45, 2.75) is 49.4 Å². The summed E-state index contributed by atoms with van der Waals surface area (Å²) in [7, 11) is -3.56. The molecule has 0 aromatic carbocycles. The summed E-state index contributed by atoms with van der Waals surface area (Å²) in [6, 6.07) is 0. The first-order valence-corrected chi connectivity index (χ1v) is 8.20. The Labute approximate surface area is 118 Å². The molecule has 0 heterocycles. The molecule has 1 fully saturated rings. The van der Waals surface area contributed by atoms with Gasteiger partial charge in [-0.1, -0.05) is 6.42 Å². The standard InChI is InChI=1S/C11H16F6O3S/c1-21(19,20)7-4-2-3-6(5-7)8(18)9(10(12,13)14)11(15,16)17/h6-9,18H,2-5H2,1H3. The third-order valence-electron chi connectivity index (χ3n) is 3.80. The van der Waals surface area contributed by atoms with Gasteiger partial charge in [-0.15, -0.1) is 0 Å². The van der Waals surface area contributed by atoms with Gasteiger partial charge in [0.2, 0.25) is 0 Å². The predicted molar refractivity (Wildman–Crippen MR) is 62.2 cm³/mol. The Kier molecular flexibility index (Phi) is 5.24. The highest BCUT2D eigenvalue weighted by molar-refractivity contribution is 7.91. The predicted octanol–water partition coefficient (Wildman–Crippen LogP) is 2.69. The van der Waals surface area contributed by atoms with Gasteiger partial charge < -0.3 is 5.11 Å². The summed E-state index contributed by atoms with van der Waals surface area (Å²) in [5, 5.41) is 8.55. The lowest BCUT2D eigenvalue weighted by Crippen LogP contribution is -2.49. The number of aliphatic hydroxyl groups is 1. The Hall–Kier alpha value is -0.510. The van der Waals surface area contributed by atoms with Crippen molar-refractivity contribution in [3.8, 4) is 0 Å². The van der Waals surface area contributed by atoms with Gasteiger partial charge in [0.15, 0.2) is 5.92 Å². The molecule has 0 amide bonds. The number of alkyl halides is 6. The van der Waals surface area contributed by atoms with Crippen LogP contribution < -0.4 is 0 Å². The van der Waals surface area contributed by atoms with Gasteiger partial charge in [0.05, 0.1) is 11.4 Å². The lowest BCUT2D eigenvalue weighted by Gasteiger charge is -2.36. The SMILES string of the molecule is CS(=O)(=O)C1CCCC(C(O)C(C(F)(F)F)C(F)(F)F)C1. The van der Waals surface area contributed by atoms with Crippen LogP contribution in [0, 0.1) is 11.8 Å². The van der Waals surface area contributed by atoms with Crippen LogP contribution in [0.5, 0.6) is 0 Å². The van der Waals surface area contributed by atoms with E-state index in [1.54, 1.807) is 0 Å². The smallest absolute Gasteiger partial charge is 0.392 e. The fraction of sp³-hybridized carbons (Fsp3) is 1.00. The first-order valence-electron chi connectivity index (χ1n) is 6.25. The molecule has 0 aromatic rings. The molecule has 10 heteroatoms. The number of sulfone groups is 1. The van der Waals surface area contributed by atoms with Gasteiger partial charge in [0.1, 0.15) is 9.84 Å². The highest BCUT2D eigenvalue weighted by Crippen LogP contribution is 2.45. The average molecular weight is 342 g/mol. The van der Waals surface area contributed by atoms with Crippen molar-refractivity contribution in [3.05, 3.63) is 0 Å². The number of hydrogen-bond donors (Lipinski definition) is 1. The van der Waals surface area contributed by atoms with Gasteiger partial charge >= 0.3 is 12.4 Å². The molecule has 21 heavy (non-hydrogen) atoms. The fourth-order valence-electron chi connectivity index (χ4n) is 2.73. The third-order valence-corrected chi connectivity index (χ3v) is 5.44. The highest BCUT2D eigenvalue weighted by atomic mass is 32.2. The summed E-state index contributed by atoms with van der Waals surface area (Å²) >= 11 is 0. The van der Waals surface area contributed by atoms with Crippen LogP contribution in [-0.4, -0.2) is 43.5 Å². The number of hydrogen-bond acceptors (Lipinski definition) is 3. The molecule has 3 nitrogen and oxygen atoms in total. The van der Waals surface area contributed by atoms with E-state index in [1.165, 1.54) is 0 Å². The molecule has 0 radical (unpaired) electrons. The molecular weight excluding hydrogens is 326 g/mol. The molecule has 126 valence electrons. The van der Waals surface area contributed by atoms with E-state index in [0.717, 1.165) is 6.26 Å². The van der Waals surface area contributed by atoms with Gasteiger partial charge in [-0.3, -0.25) is 0 Å². The second-order valence-corrected chi connectivity index (χ2v) is 7.76. The molecule has 1 aliphatic carbocycles. The topological polar surface area (TPSA) is 54.4 Å². The summed E-state index contributed by atoms with van der Waals surface area (Å²) < 4.78 is 98.1. The van der Waals surface area contributed by atoms with Gasteiger partial charge in [0, 0.05) is 6.26 Å². The minimum absolute atomic E-state index is 0.0597. The molecule has 1 aliphatic rings. The number of aliphatic hydroxyl groups excluding tert-OH is 1. The van der Waals surface area contributed by atoms with Crippen LogP contribution in [0.25, 0.3) is 0 Å². The molecule has 0 aliphatic heterocycles. The van der Waals surface area contributed by atoms with E-state index >= 15 is 0 Å². The molecular formula is C11H16F6O3S. The molecule has 1 N–H and O–H groups in total. The molecule has 1 saturated carbocycles. The third kappa shape index (κ3) is 4.73. The first-order chi connectivity index (χ1) is 9.24. The maximum absolute atomic E-state index is 12.6. The van der Waals surface area contributed by atoms with Crippen LogP contribution in [0.1, 0.15) is 25.7 Å². The zero-order chi connectivity index (χ0) is 16.6. The normalized spacial score (nSPS) is 26.9. The van der Waals surface area contributed by atoms with Crippen molar-refractivity contribution in [2.24, 2.45) is 11.8 Å². The minimum Gasteiger partial charge on any atom is -0.392 e. The van der Waals surface area contributed by atoms with E-state index in [2.05, 4.69) is 0 Å². The van der Waals surface area contributed by atoms with E-state index < -0.39 is 45.4 Å². The average Bonchev–Trinajstić information content (AvgIpc) is 2.24. The Morgan fingerprint density at radius 3 is 1.90 bits per heavy atom. The largest absolute Gasteiger partial charge is 0.403 e. The Bertz CT molecular complexity index is 442. The van der Waals surface area contributed by atoms with Crippen LogP contribution in [0.15, 0.2) is 0 Å². The number of halogens is 6. The summed E-state index contributed by atoms with van der Waals surface area (Å²) in [5.41, 5.74) is 0. The lowest BCUT2D eigenvalue weighted by atomic mass is 9.79. The van der Waals surface area contributed by atoms with Crippen molar-refractivity contribution < 1.29 is 39.9 Å². The van der Waals surface area contributed by atoms with Crippen molar-refractivity contribution in [2.75, 3.05) is 6.26 Å². The van der Waals surface area contributed by atoms with E-state index in [4.69, 9.17) is 0 Å². The lowest BCUT2D eigenvalue weighted by molar-refractivity contribution is -0.311. The molecule has 3 unspecified atom stereocenters. The summed E-state index contributed by atoms with van der Waals surface area (Å²) in [6.45, 7) is 0. The first kappa shape index (κ1) is 18.5. The van der Waals surface area contributed by atoms with E-state index in [1.807, 2.05) is 0 Å². The van der Waals surface area contributed by atoms with Crippen LogP contribution in [-0.2, 0) is 9.84 Å². The van der Waals surface area contributed by atoms with Crippen molar-refractivity contribution in [3.63, 3.8) is 0 Å². The minimum atomic E-state index is -5.63. The quantitative estimate of drug-likeness (QED) is 0.803. The molecule has 1 rings (SSSR count). The van der Waals surface area contributed by atoms with Crippen LogP contribution >= 0.6 is 0 Å². The molecule has 3 atom stereocenters. The molecule has 0 aromatic heterocycles. The van der Waals surface area contributed by atoms with Crippen molar-refractivity contribution >= 4 is 9.84 Å². The van der Waals surface area contributed by atoms with Crippen LogP contribution in [0.4, 0.5) is 26.3 Å².